The maximum atomic E-state index is 9.41. The minimum Gasteiger partial charge on any atom is -0.379 e. The van der Waals surface area contributed by atoms with Crippen LogP contribution in [0.4, 0.5) is 11.8 Å². The lowest BCUT2D eigenvalue weighted by Gasteiger charge is -2.31. The Morgan fingerprint density at radius 1 is 1.35 bits per heavy atom. The third-order valence-corrected chi connectivity index (χ3v) is 3.93. The van der Waals surface area contributed by atoms with Gasteiger partial charge < -0.3 is 15.4 Å². The van der Waals surface area contributed by atoms with Crippen molar-refractivity contribution in [1.29, 1.82) is 5.26 Å². The second kappa shape index (κ2) is 6.63. The molecular weight excluding hydrogens is 290 g/mol. The van der Waals surface area contributed by atoms with Gasteiger partial charge in [0.15, 0.2) is 0 Å². The summed E-state index contributed by atoms with van der Waals surface area (Å²) in [5, 5.41) is 9.41. The van der Waals surface area contributed by atoms with Gasteiger partial charge in [-0.25, -0.2) is 4.98 Å². The molecule has 1 aromatic heterocycles. The molecule has 6 heteroatoms. The third kappa shape index (κ3) is 3.25. The van der Waals surface area contributed by atoms with Crippen molar-refractivity contribution in [2.24, 2.45) is 0 Å². The molecule has 6 nitrogen and oxygen atoms in total. The monoisotopic (exact) mass is 309 g/mol. The standard InChI is InChI=1S/C17H19N5O/c1-12-9-16(21-17(19)20-12)22-7-4-8-23-11-15(22)14-6-3-2-5-13(14)10-18/h2-3,5-6,9,15H,4,7-8,11H2,1H3,(H2,19,20,21)/t15-/m0/s1. The second-order valence-corrected chi connectivity index (χ2v) is 5.56. The number of hydrogen-bond donors (Lipinski definition) is 1. The molecule has 118 valence electrons. The number of nitrogen functional groups attached to an aromatic ring is 1. The minimum absolute atomic E-state index is 0.0675. The van der Waals surface area contributed by atoms with Crippen LogP contribution in [-0.4, -0.2) is 29.7 Å². The minimum atomic E-state index is -0.0675. The average Bonchev–Trinajstić information content (AvgIpc) is 2.79. The van der Waals surface area contributed by atoms with Crippen molar-refractivity contribution < 1.29 is 4.74 Å². The van der Waals surface area contributed by atoms with E-state index in [0.29, 0.717) is 18.8 Å². The van der Waals surface area contributed by atoms with Crippen molar-refractivity contribution in [3.8, 4) is 6.07 Å². The molecule has 0 aliphatic carbocycles. The van der Waals surface area contributed by atoms with Crippen LogP contribution >= 0.6 is 0 Å². The topological polar surface area (TPSA) is 88.1 Å². The summed E-state index contributed by atoms with van der Waals surface area (Å²) in [4.78, 5) is 10.7. The summed E-state index contributed by atoms with van der Waals surface area (Å²) in [5.74, 6) is 1.04. The molecule has 0 bridgehead atoms. The Morgan fingerprint density at radius 3 is 2.96 bits per heavy atom. The SMILES string of the molecule is Cc1cc(N2CCCOC[C@H]2c2ccccc2C#N)nc(N)n1. The zero-order valence-corrected chi connectivity index (χ0v) is 13.1. The summed E-state index contributed by atoms with van der Waals surface area (Å²) in [7, 11) is 0. The number of benzene rings is 1. The summed E-state index contributed by atoms with van der Waals surface area (Å²) in [6, 6.07) is 11.7. The fraction of sp³-hybridized carbons (Fsp3) is 0.353. The fourth-order valence-corrected chi connectivity index (χ4v) is 2.92. The first kappa shape index (κ1) is 15.3. The van der Waals surface area contributed by atoms with Gasteiger partial charge in [0, 0.05) is 24.9 Å². The molecule has 0 amide bonds. The number of anilines is 2. The van der Waals surface area contributed by atoms with E-state index in [0.717, 1.165) is 30.0 Å². The molecule has 1 fully saturated rings. The van der Waals surface area contributed by atoms with E-state index in [1.807, 2.05) is 37.3 Å². The molecule has 1 saturated heterocycles. The number of nitriles is 1. The van der Waals surface area contributed by atoms with Crippen molar-refractivity contribution in [3.05, 3.63) is 47.2 Å². The van der Waals surface area contributed by atoms with Crippen molar-refractivity contribution in [2.45, 2.75) is 19.4 Å². The molecule has 3 rings (SSSR count). The van der Waals surface area contributed by atoms with E-state index < -0.39 is 0 Å². The fourth-order valence-electron chi connectivity index (χ4n) is 2.92. The zero-order valence-electron chi connectivity index (χ0n) is 13.1. The third-order valence-electron chi connectivity index (χ3n) is 3.93. The van der Waals surface area contributed by atoms with Gasteiger partial charge in [-0.3, -0.25) is 0 Å². The molecule has 0 radical (unpaired) electrons. The van der Waals surface area contributed by atoms with Gasteiger partial charge in [-0.05, 0) is 25.0 Å². The van der Waals surface area contributed by atoms with Crippen LogP contribution in [0.5, 0.6) is 0 Å². The van der Waals surface area contributed by atoms with E-state index in [9.17, 15) is 5.26 Å². The van der Waals surface area contributed by atoms with Crippen molar-refractivity contribution in [2.75, 3.05) is 30.4 Å². The number of nitrogens with two attached hydrogens (primary N) is 1. The Hall–Kier alpha value is -2.65. The van der Waals surface area contributed by atoms with Crippen LogP contribution in [0.25, 0.3) is 0 Å². The molecule has 2 aromatic rings. The summed E-state index contributed by atoms with van der Waals surface area (Å²) < 4.78 is 5.75. The molecule has 2 heterocycles. The van der Waals surface area contributed by atoms with E-state index in [2.05, 4.69) is 20.9 Å². The molecule has 1 aromatic carbocycles. The van der Waals surface area contributed by atoms with Gasteiger partial charge in [-0.15, -0.1) is 0 Å². The molecule has 2 N–H and O–H groups in total. The maximum Gasteiger partial charge on any atom is 0.222 e. The Bertz CT molecular complexity index is 720. The number of aromatic nitrogens is 2. The predicted molar refractivity (Wildman–Crippen MR) is 87.9 cm³/mol. The normalized spacial score (nSPS) is 18.3. The predicted octanol–water partition coefficient (Wildman–Crippen LogP) is 2.21. The molecule has 1 aliphatic heterocycles. The highest BCUT2D eigenvalue weighted by Crippen LogP contribution is 2.30. The lowest BCUT2D eigenvalue weighted by Crippen LogP contribution is -2.32. The maximum absolute atomic E-state index is 9.41. The molecule has 0 saturated carbocycles. The van der Waals surface area contributed by atoms with E-state index >= 15 is 0 Å². The van der Waals surface area contributed by atoms with E-state index in [1.54, 1.807) is 0 Å². The van der Waals surface area contributed by atoms with Gasteiger partial charge in [0.2, 0.25) is 5.95 Å². The first-order valence-corrected chi connectivity index (χ1v) is 7.63. The van der Waals surface area contributed by atoms with E-state index in [1.165, 1.54) is 0 Å². The van der Waals surface area contributed by atoms with Gasteiger partial charge in [0.25, 0.3) is 0 Å². The smallest absolute Gasteiger partial charge is 0.222 e. The summed E-state index contributed by atoms with van der Waals surface area (Å²) in [6.45, 7) is 3.90. The molecule has 1 atom stereocenters. The van der Waals surface area contributed by atoms with Gasteiger partial charge in [0.1, 0.15) is 5.82 Å². The number of nitrogens with zero attached hydrogens (tertiary/aromatic N) is 4. The van der Waals surface area contributed by atoms with E-state index in [4.69, 9.17) is 10.5 Å². The van der Waals surface area contributed by atoms with Crippen molar-refractivity contribution in [3.63, 3.8) is 0 Å². The Labute approximate surface area is 135 Å². The highest BCUT2D eigenvalue weighted by molar-refractivity contribution is 5.49. The first-order chi connectivity index (χ1) is 11.2. The lowest BCUT2D eigenvalue weighted by molar-refractivity contribution is 0.134. The highest BCUT2D eigenvalue weighted by atomic mass is 16.5. The number of ether oxygens (including phenoxy) is 1. The summed E-state index contributed by atoms with van der Waals surface area (Å²) in [5.41, 5.74) is 8.25. The molecule has 23 heavy (non-hydrogen) atoms. The quantitative estimate of drug-likeness (QED) is 0.915. The van der Waals surface area contributed by atoms with E-state index in [-0.39, 0.29) is 12.0 Å². The number of aryl methyl sites for hydroxylation is 1. The Morgan fingerprint density at radius 2 is 2.17 bits per heavy atom. The van der Waals surface area contributed by atoms with Gasteiger partial charge in [0.05, 0.1) is 24.3 Å². The van der Waals surface area contributed by atoms with Crippen LogP contribution in [0.3, 0.4) is 0 Å². The van der Waals surface area contributed by atoms with Crippen molar-refractivity contribution in [1.82, 2.24) is 9.97 Å². The first-order valence-electron chi connectivity index (χ1n) is 7.63. The Kier molecular flexibility index (Phi) is 4.40. The van der Waals surface area contributed by atoms with Crippen molar-refractivity contribution >= 4 is 11.8 Å². The Balaban J connectivity index is 2.06. The second-order valence-electron chi connectivity index (χ2n) is 5.56. The average molecular weight is 309 g/mol. The van der Waals surface area contributed by atoms with Crippen LogP contribution < -0.4 is 10.6 Å². The van der Waals surface area contributed by atoms with Crippen LogP contribution in [0.2, 0.25) is 0 Å². The summed E-state index contributed by atoms with van der Waals surface area (Å²) >= 11 is 0. The van der Waals surface area contributed by atoms with Gasteiger partial charge >= 0.3 is 0 Å². The van der Waals surface area contributed by atoms with Gasteiger partial charge in [-0.1, -0.05) is 18.2 Å². The molecule has 1 aliphatic rings. The van der Waals surface area contributed by atoms with Crippen LogP contribution in [0, 0.1) is 18.3 Å². The largest absolute Gasteiger partial charge is 0.379 e. The molecule has 0 spiro atoms. The van der Waals surface area contributed by atoms with Crippen LogP contribution in [-0.2, 0) is 4.74 Å². The summed E-state index contributed by atoms with van der Waals surface area (Å²) in [6.07, 6.45) is 0.897. The van der Waals surface area contributed by atoms with Crippen LogP contribution in [0.15, 0.2) is 30.3 Å². The lowest BCUT2D eigenvalue weighted by atomic mass is 10.00. The zero-order chi connectivity index (χ0) is 16.2. The van der Waals surface area contributed by atoms with Crippen LogP contribution in [0.1, 0.15) is 29.3 Å². The number of rotatable bonds is 2. The molecule has 0 unspecified atom stereocenters. The molecular formula is C17H19N5O. The van der Waals surface area contributed by atoms with Gasteiger partial charge in [-0.2, -0.15) is 10.2 Å². The number of hydrogen-bond acceptors (Lipinski definition) is 6. The highest BCUT2D eigenvalue weighted by Gasteiger charge is 2.26.